The Morgan fingerprint density at radius 2 is 1.68 bits per heavy atom. The van der Waals surface area contributed by atoms with E-state index in [0.717, 1.165) is 17.7 Å². The number of hydrogen-bond donors (Lipinski definition) is 2. The van der Waals surface area contributed by atoms with Gasteiger partial charge >= 0.3 is 0 Å². The van der Waals surface area contributed by atoms with Crippen LogP contribution < -0.4 is 24.4 Å². The quantitative estimate of drug-likeness (QED) is 0.404. The lowest BCUT2D eigenvalue weighted by atomic mass is 10.1. The van der Waals surface area contributed by atoms with Gasteiger partial charge in [0.15, 0.2) is 6.61 Å². The molecule has 1 aliphatic heterocycles. The molecule has 0 bridgehead atoms. The summed E-state index contributed by atoms with van der Waals surface area (Å²) in [5.74, 6) is 0.539. The third kappa shape index (κ3) is 6.32. The minimum Gasteiger partial charge on any atom is -0.497 e. The zero-order chi connectivity index (χ0) is 27.3. The summed E-state index contributed by atoms with van der Waals surface area (Å²) in [7, 11) is -2.04. The highest BCUT2D eigenvalue weighted by atomic mass is 32.2. The van der Waals surface area contributed by atoms with Gasteiger partial charge in [0.2, 0.25) is 10.0 Å². The second-order valence-electron chi connectivity index (χ2n) is 9.02. The van der Waals surface area contributed by atoms with E-state index in [0.29, 0.717) is 35.7 Å². The molecule has 0 saturated heterocycles. The number of methoxy groups -OCH3 is 1. The lowest BCUT2D eigenvalue weighted by molar-refractivity contribution is -0.118. The summed E-state index contributed by atoms with van der Waals surface area (Å²) in [4.78, 5) is 27.5. The molecule has 1 atom stereocenters. The van der Waals surface area contributed by atoms with Gasteiger partial charge in [0.25, 0.3) is 11.8 Å². The number of benzene rings is 3. The first-order valence-corrected chi connectivity index (χ1v) is 13.8. The number of rotatable bonds is 10. The first-order valence-electron chi connectivity index (χ1n) is 12.3. The summed E-state index contributed by atoms with van der Waals surface area (Å²) in [5.41, 5.74) is 2.88. The van der Waals surface area contributed by atoms with Crippen molar-refractivity contribution in [2.45, 2.75) is 37.6 Å². The van der Waals surface area contributed by atoms with Crippen molar-refractivity contribution in [1.82, 2.24) is 4.72 Å². The maximum absolute atomic E-state index is 13.1. The molecule has 1 unspecified atom stereocenters. The summed E-state index contributed by atoms with van der Waals surface area (Å²) >= 11 is 0. The van der Waals surface area contributed by atoms with E-state index in [2.05, 4.69) is 10.0 Å². The average molecular weight is 538 g/mol. The smallest absolute Gasteiger partial charge is 0.262 e. The molecule has 1 aliphatic rings. The molecule has 9 nitrogen and oxygen atoms in total. The van der Waals surface area contributed by atoms with Crippen LogP contribution in [-0.2, 0) is 21.2 Å². The van der Waals surface area contributed by atoms with Crippen LogP contribution >= 0.6 is 0 Å². The molecule has 3 aromatic rings. The number of carbonyl (C=O) groups excluding carboxylic acids is 2. The third-order valence-corrected chi connectivity index (χ3v) is 7.92. The number of nitrogens with zero attached hydrogens (tertiary/aromatic N) is 1. The fourth-order valence-corrected chi connectivity index (χ4v) is 5.36. The third-order valence-electron chi connectivity index (χ3n) is 6.32. The number of carbonyl (C=O) groups is 2. The van der Waals surface area contributed by atoms with Crippen LogP contribution in [0, 0.1) is 0 Å². The van der Waals surface area contributed by atoms with Crippen molar-refractivity contribution in [3.63, 3.8) is 0 Å². The molecule has 200 valence electrons. The van der Waals surface area contributed by atoms with Crippen molar-refractivity contribution >= 4 is 33.2 Å². The Hall–Kier alpha value is -3.89. The molecule has 2 N–H and O–H groups in total. The molecular formula is C28H31N3O6S. The molecule has 4 rings (SSSR count). The Kier molecular flexibility index (Phi) is 8.33. The Morgan fingerprint density at radius 3 is 2.34 bits per heavy atom. The highest BCUT2D eigenvalue weighted by molar-refractivity contribution is 7.89. The van der Waals surface area contributed by atoms with Gasteiger partial charge in [-0.3, -0.25) is 9.59 Å². The van der Waals surface area contributed by atoms with Crippen molar-refractivity contribution in [2.24, 2.45) is 0 Å². The highest BCUT2D eigenvalue weighted by Gasteiger charge is 2.26. The fourth-order valence-electron chi connectivity index (χ4n) is 4.03. The van der Waals surface area contributed by atoms with E-state index < -0.39 is 10.0 Å². The van der Waals surface area contributed by atoms with E-state index in [9.17, 15) is 18.0 Å². The van der Waals surface area contributed by atoms with Crippen LogP contribution in [0.4, 0.5) is 11.4 Å². The summed E-state index contributed by atoms with van der Waals surface area (Å²) in [6.07, 6.45) is 1.41. The van der Waals surface area contributed by atoms with Gasteiger partial charge in [-0.2, -0.15) is 0 Å². The van der Waals surface area contributed by atoms with Crippen molar-refractivity contribution in [2.75, 3.05) is 30.5 Å². The van der Waals surface area contributed by atoms with Crippen LogP contribution in [0.25, 0.3) is 0 Å². The van der Waals surface area contributed by atoms with Gasteiger partial charge in [-0.25, -0.2) is 13.1 Å². The predicted molar refractivity (Wildman–Crippen MR) is 145 cm³/mol. The monoisotopic (exact) mass is 537 g/mol. The SMILES string of the molecule is CCC(C)NS(=O)(=O)c1ccc(OCC(=O)Nc2ccc3c(c2)N(C(=O)c2ccc(OC)cc2)CC3)cc1. The standard InChI is InChI=1S/C28H31N3O6S/c1-4-19(2)30-38(34,35)25-13-11-24(12-14-25)37-18-27(32)29-22-8-5-20-15-16-31(26(20)17-22)28(33)21-6-9-23(36-3)10-7-21/h5-14,17,19,30H,4,15-16,18H2,1-3H3,(H,29,32). The number of hydrogen-bond acceptors (Lipinski definition) is 6. The summed E-state index contributed by atoms with van der Waals surface area (Å²) in [5, 5.41) is 2.80. The van der Waals surface area contributed by atoms with E-state index in [1.165, 1.54) is 24.3 Å². The lowest BCUT2D eigenvalue weighted by Gasteiger charge is -2.18. The van der Waals surface area contributed by atoms with Crippen LogP contribution in [0.3, 0.4) is 0 Å². The molecule has 0 aromatic heterocycles. The van der Waals surface area contributed by atoms with E-state index in [-0.39, 0.29) is 29.4 Å². The van der Waals surface area contributed by atoms with Crippen molar-refractivity contribution in [3.8, 4) is 11.5 Å². The number of sulfonamides is 1. The Bertz CT molecular complexity index is 1410. The molecule has 0 aliphatic carbocycles. The maximum Gasteiger partial charge on any atom is 0.262 e. The van der Waals surface area contributed by atoms with Crippen LogP contribution in [0.5, 0.6) is 11.5 Å². The molecular weight excluding hydrogens is 506 g/mol. The van der Waals surface area contributed by atoms with E-state index in [4.69, 9.17) is 9.47 Å². The molecule has 0 radical (unpaired) electrons. The molecule has 1 heterocycles. The van der Waals surface area contributed by atoms with Crippen molar-refractivity contribution in [1.29, 1.82) is 0 Å². The largest absolute Gasteiger partial charge is 0.497 e. The maximum atomic E-state index is 13.1. The lowest BCUT2D eigenvalue weighted by Crippen LogP contribution is -2.31. The van der Waals surface area contributed by atoms with Gasteiger partial charge < -0.3 is 19.7 Å². The van der Waals surface area contributed by atoms with Crippen LogP contribution in [0.1, 0.15) is 36.2 Å². The van der Waals surface area contributed by atoms with E-state index in [1.807, 2.05) is 13.0 Å². The van der Waals surface area contributed by atoms with E-state index in [1.54, 1.807) is 55.3 Å². The Morgan fingerprint density at radius 1 is 1.00 bits per heavy atom. The molecule has 2 amide bonds. The fraction of sp³-hybridized carbons (Fsp3) is 0.286. The molecule has 0 saturated carbocycles. The van der Waals surface area contributed by atoms with Crippen molar-refractivity contribution in [3.05, 3.63) is 77.9 Å². The van der Waals surface area contributed by atoms with Crippen LogP contribution in [0.2, 0.25) is 0 Å². The zero-order valence-electron chi connectivity index (χ0n) is 21.6. The number of ether oxygens (including phenoxy) is 2. The minimum absolute atomic E-state index is 0.122. The average Bonchev–Trinajstić information content (AvgIpc) is 3.34. The van der Waals surface area contributed by atoms with Gasteiger partial charge in [0.1, 0.15) is 11.5 Å². The summed E-state index contributed by atoms with van der Waals surface area (Å²) in [6.45, 7) is 3.99. The highest BCUT2D eigenvalue weighted by Crippen LogP contribution is 2.32. The Balaban J connectivity index is 1.36. The van der Waals surface area contributed by atoms with Gasteiger partial charge in [0.05, 0.1) is 12.0 Å². The number of fused-ring (bicyclic) bond motifs is 1. The Labute approximate surface area is 222 Å². The van der Waals surface area contributed by atoms with Gasteiger partial charge in [-0.1, -0.05) is 13.0 Å². The number of anilines is 2. The van der Waals surface area contributed by atoms with Crippen LogP contribution in [-0.4, -0.2) is 46.5 Å². The first kappa shape index (κ1) is 27.2. The number of amides is 2. The molecule has 0 fully saturated rings. The number of nitrogens with one attached hydrogen (secondary N) is 2. The second kappa shape index (κ2) is 11.7. The van der Waals surface area contributed by atoms with E-state index >= 15 is 0 Å². The van der Waals surface area contributed by atoms with Crippen LogP contribution in [0.15, 0.2) is 71.6 Å². The molecule has 0 spiro atoms. The van der Waals surface area contributed by atoms with Gasteiger partial charge in [0, 0.05) is 29.5 Å². The molecule has 10 heteroatoms. The normalized spacial score (nSPS) is 13.5. The topological polar surface area (TPSA) is 114 Å². The minimum atomic E-state index is -3.62. The predicted octanol–water partition coefficient (Wildman–Crippen LogP) is 3.99. The van der Waals surface area contributed by atoms with Crippen molar-refractivity contribution < 1.29 is 27.5 Å². The summed E-state index contributed by atoms with van der Waals surface area (Å²) in [6, 6.07) is 18.2. The zero-order valence-corrected chi connectivity index (χ0v) is 22.4. The van der Waals surface area contributed by atoms with Gasteiger partial charge in [-0.15, -0.1) is 0 Å². The first-order chi connectivity index (χ1) is 18.2. The second-order valence-corrected chi connectivity index (χ2v) is 10.7. The van der Waals surface area contributed by atoms with Gasteiger partial charge in [-0.05, 0) is 86.0 Å². The summed E-state index contributed by atoms with van der Waals surface area (Å²) < 4.78 is 38.1. The molecule has 3 aromatic carbocycles. The molecule has 38 heavy (non-hydrogen) atoms.